The molecule has 0 radical (unpaired) electrons. The first-order chi connectivity index (χ1) is 17.2. The van der Waals surface area contributed by atoms with E-state index >= 15 is 0 Å². The van der Waals surface area contributed by atoms with Crippen LogP contribution in [0.3, 0.4) is 0 Å². The van der Waals surface area contributed by atoms with Gasteiger partial charge in [-0.25, -0.2) is 0 Å². The Balaban J connectivity index is 1.13. The molecule has 0 unspecified atom stereocenters. The van der Waals surface area contributed by atoms with E-state index in [0.29, 0.717) is 16.5 Å². The van der Waals surface area contributed by atoms with E-state index in [1.54, 1.807) is 4.52 Å². The normalized spacial score (nSPS) is 18.4. The molecule has 1 fully saturated rings. The molecule has 2 aromatic carbocycles. The smallest absolute Gasteiger partial charge is 0.223 e. The zero-order valence-electron chi connectivity index (χ0n) is 19.4. The van der Waals surface area contributed by atoms with Crippen LogP contribution in [0.2, 0.25) is 5.02 Å². The molecule has 6 rings (SSSR count). The van der Waals surface area contributed by atoms with Gasteiger partial charge < -0.3 is 10.2 Å². The number of benzene rings is 2. The molecule has 0 saturated carbocycles. The third kappa shape index (κ3) is 4.36. The van der Waals surface area contributed by atoms with Crippen molar-refractivity contribution >= 4 is 29.0 Å². The third-order valence-corrected chi connectivity index (χ3v) is 7.48. The Labute approximate surface area is 209 Å². The summed E-state index contributed by atoms with van der Waals surface area (Å²) in [6, 6.07) is 20.1. The fraction of sp³-hybridized carbons (Fsp3) is 0.333. The van der Waals surface area contributed by atoms with Crippen LogP contribution in [0.5, 0.6) is 0 Å². The van der Waals surface area contributed by atoms with Crippen molar-refractivity contribution in [3.05, 3.63) is 76.8 Å². The van der Waals surface area contributed by atoms with Gasteiger partial charge in [-0.3, -0.25) is 4.79 Å². The average molecular weight is 487 g/mol. The fourth-order valence-corrected chi connectivity index (χ4v) is 5.42. The van der Waals surface area contributed by atoms with Crippen LogP contribution in [0.4, 0.5) is 5.82 Å². The van der Waals surface area contributed by atoms with Gasteiger partial charge in [0.25, 0.3) is 0 Å². The summed E-state index contributed by atoms with van der Waals surface area (Å²) in [6.45, 7) is 1.58. The Hall–Kier alpha value is -3.45. The van der Waals surface area contributed by atoms with Gasteiger partial charge in [0.15, 0.2) is 11.5 Å². The topological polar surface area (TPSA) is 75.4 Å². The van der Waals surface area contributed by atoms with Gasteiger partial charge in [0, 0.05) is 29.6 Å². The van der Waals surface area contributed by atoms with Crippen molar-refractivity contribution in [2.75, 3.05) is 18.0 Å². The summed E-state index contributed by atoms with van der Waals surface area (Å²) in [4.78, 5) is 15.4. The van der Waals surface area contributed by atoms with Gasteiger partial charge in [-0.1, -0.05) is 35.9 Å². The number of hydrogen-bond acceptors (Lipinski definition) is 5. The number of aryl methyl sites for hydroxylation is 1. The summed E-state index contributed by atoms with van der Waals surface area (Å²) in [6.07, 6.45) is 4.86. The minimum Gasteiger partial charge on any atom is -0.355 e. The molecule has 2 aliphatic rings. The highest BCUT2D eigenvalue weighted by Crippen LogP contribution is 2.31. The highest BCUT2D eigenvalue weighted by molar-refractivity contribution is 6.30. The van der Waals surface area contributed by atoms with Gasteiger partial charge in [0.1, 0.15) is 5.82 Å². The second-order valence-corrected chi connectivity index (χ2v) is 9.84. The van der Waals surface area contributed by atoms with Gasteiger partial charge in [0.2, 0.25) is 5.91 Å². The number of carbonyl (C=O) groups is 1. The van der Waals surface area contributed by atoms with Gasteiger partial charge in [-0.15, -0.1) is 15.3 Å². The summed E-state index contributed by atoms with van der Waals surface area (Å²) in [5.74, 6) is 1.76. The van der Waals surface area contributed by atoms with Crippen molar-refractivity contribution in [1.29, 1.82) is 0 Å². The highest BCUT2D eigenvalue weighted by atomic mass is 35.5. The van der Waals surface area contributed by atoms with Crippen LogP contribution >= 0.6 is 11.6 Å². The molecule has 1 aliphatic carbocycles. The van der Waals surface area contributed by atoms with E-state index in [1.807, 2.05) is 36.4 Å². The van der Waals surface area contributed by atoms with Crippen molar-refractivity contribution < 1.29 is 4.79 Å². The highest BCUT2D eigenvalue weighted by Gasteiger charge is 2.29. The van der Waals surface area contributed by atoms with E-state index in [2.05, 4.69) is 44.7 Å². The minimum absolute atomic E-state index is 0.0311. The van der Waals surface area contributed by atoms with Gasteiger partial charge >= 0.3 is 0 Å². The molecule has 1 N–H and O–H groups in total. The molecule has 178 valence electrons. The number of aromatic nitrogens is 4. The molecule has 2 aromatic heterocycles. The maximum absolute atomic E-state index is 13.1. The first-order valence-electron chi connectivity index (χ1n) is 12.3. The van der Waals surface area contributed by atoms with Gasteiger partial charge in [0.05, 0.1) is 6.04 Å². The second kappa shape index (κ2) is 9.30. The van der Waals surface area contributed by atoms with Crippen LogP contribution in [0, 0.1) is 5.92 Å². The lowest BCUT2D eigenvalue weighted by Gasteiger charge is -2.33. The standard InChI is InChI=1S/C27H27ClN6O/c28-21-10-8-19(9-11-21)26-31-30-24-12-13-25(32-34(24)26)33-16-14-20(15-17-33)27(35)29-23-7-3-5-18-4-1-2-6-22(18)23/h1-2,4,6,8-13,20,23H,3,5,7,14-17H2,(H,29,35)/t23-/m0/s1. The Morgan fingerprint density at radius 2 is 1.74 bits per heavy atom. The maximum atomic E-state index is 13.1. The molecule has 35 heavy (non-hydrogen) atoms. The van der Waals surface area contributed by atoms with Crippen LogP contribution in [0.15, 0.2) is 60.7 Å². The zero-order chi connectivity index (χ0) is 23.8. The number of hydrogen-bond donors (Lipinski definition) is 1. The summed E-state index contributed by atoms with van der Waals surface area (Å²) >= 11 is 6.04. The van der Waals surface area contributed by atoms with Crippen LogP contribution < -0.4 is 10.2 Å². The maximum Gasteiger partial charge on any atom is 0.223 e. The first kappa shape index (κ1) is 22.0. The molecular weight excluding hydrogens is 460 g/mol. The van der Waals surface area contributed by atoms with Crippen LogP contribution in [0.1, 0.15) is 42.9 Å². The van der Waals surface area contributed by atoms with Crippen molar-refractivity contribution in [3.63, 3.8) is 0 Å². The van der Waals surface area contributed by atoms with Crippen LogP contribution in [-0.2, 0) is 11.2 Å². The number of fused-ring (bicyclic) bond motifs is 2. The number of anilines is 1. The number of nitrogens with zero attached hydrogens (tertiary/aromatic N) is 5. The van der Waals surface area contributed by atoms with E-state index in [9.17, 15) is 4.79 Å². The number of amides is 1. The number of carbonyl (C=O) groups excluding carboxylic acids is 1. The lowest BCUT2D eigenvalue weighted by atomic mass is 9.87. The predicted octanol–water partition coefficient (Wildman–Crippen LogP) is 4.85. The Kier molecular flexibility index (Phi) is 5.86. The van der Waals surface area contributed by atoms with Crippen molar-refractivity contribution in [1.82, 2.24) is 25.1 Å². The number of nitrogens with one attached hydrogen (secondary N) is 1. The molecule has 1 atom stereocenters. The van der Waals surface area contributed by atoms with E-state index < -0.39 is 0 Å². The Bertz CT molecular complexity index is 1360. The van der Waals surface area contributed by atoms with E-state index in [0.717, 1.165) is 56.6 Å². The summed E-state index contributed by atoms with van der Waals surface area (Å²) in [7, 11) is 0. The fourth-order valence-electron chi connectivity index (χ4n) is 5.29. The largest absolute Gasteiger partial charge is 0.355 e. The van der Waals surface area contributed by atoms with E-state index in [-0.39, 0.29) is 17.9 Å². The lowest BCUT2D eigenvalue weighted by Crippen LogP contribution is -2.42. The average Bonchev–Trinajstić information content (AvgIpc) is 3.33. The Morgan fingerprint density at radius 3 is 2.57 bits per heavy atom. The molecule has 1 amide bonds. The van der Waals surface area contributed by atoms with Crippen molar-refractivity contribution in [2.45, 2.75) is 38.1 Å². The lowest BCUT2D eigenvalue weighted by molar-refractivity contribution is -0.126. The quantitative estimate of drug-likeness (QED) is 0.446. The molecule has 7 nitrogen and oxygen atoms in total. The first-order valence-corrected chi connectivity index (χ1v) is 12.6. The minimum atomic E-state index is 0.0311. The molecule has 0 spiro atoms. The number of piperidine rings is 1. The molecule has 1 saturated heterocycles. The monoisotopic (exact) mass is 486 g/mol. The van der Waals surface area contributed by atoms with Crippen LogP contribution in [0.25, 0.3) is 17.0 Å². The SMILES string of the molecule is O=C(N[C@H]1CCCc2ccccc21)C1CCN(c2ccc3nnc(-c4ccc(Cl)cc4)n3n2)CC1. The molecule has 1 aliphatic heterocycles. The molecule has 4 aromatic rings. The summed E-state index contributed by atoms with van der Waals surface area (Å²) < 4.78 is 1.78. The summed E-state index contributed by atoms with van der Waals surface area (Å²) in [5, 5.41) is 17.4. The van der Waals surface area contributed by atoms with Crippen LogP contribution in [-0.4, -0.2) is 38.8 Å². The Morgan fingerprint density at radius 1 is 0.943 bits per heavy atom. The zero-order valence-corrected chi connectivity index (χ0v) is 20.2. The van der Waals surface area contributed by atoms with E-state index in [1.165, 1.54) is 11.1 Å². The van der Waals surface area contributed by atoms with Gasteiger partial charge in [-0.2, -0.15) is 4.52 Å². The molecule has 0 bridgehead atoms. The molecular formula is C27H27ClN6O. The molecule has 8 heteroatoms. The predicted molar refractivity (Wildman–Crippen MR) is 136 cm³/mol. The van der Waals surface area contributed by atoms with Gasteiger partial charge in [-0.05, 0) is 79.6 Å². The van der Waals surface area contributed by atoms with Crippen molar-refractivity contribution in [3.8, 4) is 11.4 Å². The summed E-state index contributed by atoms with van der Waals surface area (Å²) in [5.41, 5.74) is 4.26. The molecule has 3 heterocycles. The van der Waals surface area contributed by atoms with E-state index in [4.69, 9.17) is 16.7 Å². The number of rotatable bonds is 4. The third-order valence-electron chi connectivity index (χ3n) is 7.23. The second-order valence-electron chi connectivity index (χ2n) is 9.41. The number of halogens is 1. The van der Waals surface area contributed by atoms with Crippen molar-refractivity contribution in [2.24, 2.45) is 5.92 Å².